The molecule has 8 nitrogen and oxygen atoms in total. The SMILES string of the molecule is COc1ccc2nc(NC(=O)C(Sc3ccc(NC(=O)/C(=C/c4cccs4)NC(=O)c4ccccc4)cc3)c3ccccc3)sc2c1. The molecule has 11 heteroatoms. The minimum absolute atomic E-state index is 0.119. The Kier molecular flexibility index (Phi) is 10.1. The summed E-state index contributed by atoms with van der Waals surface area (Å²) < 4.78 is 6.23. The van der Waals surface area contributed by atoms with Gasteiger partial charge in [0.2, 0.25) is 5.91 Å². The highest BCUT2D eigenvalue weighted by molar-refractivity contribution is 8.00. The predicted molar refractivity (Wildman–Crippen MR) is 191 cm³/mol. The summed E-state index contributed by atoms with van der Waals surface area (Å²) in [4.78, 5) is 46.1. The number of amides is 3. The number of anilines is 2. The fraction of sp³-hybridized carbons (Fsp3) is 0.0556. The largest absolute Gasteiger partial charge is 0.497 e. The third kappa shape index (κ3) is 8.14. The summed E-state index contributed by atoms with van der Waals surface area (Å²) in [5, 5.41) is 10.5. The van der Waals surface area contributed by atoms with Gasteiger partial charge in [0.1, 0.15) is 16.7 Å². The summed E-state index contributed by atoms with van der Waals surface area (Å²) in [6.45, 7) is 0. The van der Waals surface area contributed by atoms with Crippen molar-refractivity contribution in [3.05, 3.63) is 142 Å². The number of aromatic nitrogens is 1. The van der Waals surface area contributed by atoms with E-state index in [1.165, 1.54) is 34.4 Å². The summed E-state index contributed by atoms with van der Waals surface area (Å²) in [6.07, 6.45) is 1.65. The van der Waals surface area contributed by atoms with Crippen LogP contribution < -0.4 is 20.7 Å². The Morgan fingerprint density at radius 2 is 1.60 bits per heavy atom. The van der Waals surface area contributed by atoms with Crippen LogP contribution in [0.5, 0.6) is 5.75 Å². The number of nitrogens with zero attached hydrogens (tertiary/aromatic N) is 1. The van der Waals surface area contributed by atoms with Gasteiger partial charge >= 0.3 is 0 Å². The Morgan fingerprint density at radius 3 is 2.30 bits per heavy atom. The topological polar surface area (TPSA) is 109 Å². The summed E-state index contributed by atoms with van der Waals surface area (Å²) in [5.74, 6) is -0.325. The number of methoxy groups -OCH3 is 1. The lowest BCUT2D eigenvalue weighted by Crippen LogP contribution is -2.30. The van der Waals surface area contributed by atoms with Gasteiger partial charge in [-0.25, -0.2) is 4.98 Å². The van der Waals surface area contributed by atoms with E-state index in [4.69, 9.17) is 4.74 Å². The lowest BCUT2D eigenvalue weighted by atomic mass is 10.1. The molecule has 1 unspecified atom stereocenters. The molecule has 47 heavy (non-hydrogen) atoms. The average molecular weight is 677 g/mol. The van der Waals surface area contributed by atoms with Crippen LogP contribution in [0, 0.1) is 0 Å². The van der Waals surface area contributed by atoms with Crippen LogP contribution in [0.1, 0.15) is 26.0 Å². The van der Waals surface area contributed by atoms with Crippen molar-refractivity contribution >= 4 is 79.3 Å². The van der Waals surface area contributed by atoms with Crippen LogP contribution in [-0.2, 0) is 9.59 Å². The maximum atomic E-state index is 13.6. The molecule has 0 bridgehead atoms. The third-order valence-electron chi connectivity index (χ3n) is 6.89. The molecule has 3 N–H and O–H groups in total. The van der Waals surface area contributed by atoms with E-state index >= 15 is 0 Å². The normalized spacial score (nSPS) is 11.9. The molecule has 0 fully saturated rings. The first-order valence-electron chi connectivity index (χ1n) is 14.5. The first kappa shape index (κ1) is 31.7. The van der Waals surface area contributed by atoms with E-state index in [1.54, 1.807) is 49.6 Å². The van der Waals surface area contributed by atoms with E-state index < -0.39 is 11.2 Å². The Hall–Kier alpha value is -5.23. The van der Waals surface area contributed by atoms with E-state index in [0.717, 1.165) is 31.3 Å². The fourth-order valence-electron chi connectivity index (χ4n) is 4.57. The highest BCUT2D eigenvalue weighted by Gasteiger charge is 2.24. The van der Waals surface area contributed by atoms with E-state index in [0.29, 0.717) is 16.4 Å². The van der Waals surface area contributed by atoms with Crippen molar-refractivity contribution in [1.29, 1.82) is 0 Å². The lowest BCUT2D eigenvalue weighted by Gasteiger charge is -2.16. The molecule has 0 aliphatic carbocycles. The van der Waals surface area contributed by atoms with Crippen molar-refractivity contribution in [2.75, 3.05) is 17.7 Å². The van der Waals surface area contributed by atoms with Gasteiger partial charge in [-0.2, -0.15) is 0 Å². The quantitative estimate of drug-likeness (QED) is 0.0942. The second kappa shape index (κ2) is 14.9. The highest BCUT2D eigenvalue weighted by atomic mass is 32.2. The van der Waals surface area contributed by atoms with Crippen LogP contribution >= 0.6 is 34.4 Å². The van der Waals surface area contributed by atoms with Gasteiger partial charge in [0.25, 0.3) is 11.8 Å². The van der Waals surface area contributed by atoms with Gasteiger partial charge in [-0.05, 0) is 77.7 Å². The molecule has 0 aliphatic heterocycles. The molecule has 0 saturated heterocycles. The van der Waals surface area contributed by atoms with E-state index in [1.807, 2.05) is 84.2 Å². The van der Waals surface area contributed by atoms with Crippen LogP contribution in [0.15, 0.2) is 131 Å². The number of hydrogen-bond acceptors (Lipinski definition) is 8. The van der Waals surface area contributed by atoms with Gasteiger partial charge in [-0.1, -0.05) is 65.9 Å². The van der Waals surface area contributed by atoms with Crippen molar-refractivity contribution < 1.29 is 19.1 Å². The zero-order valence-corrected chi connectivity index (χ0v) is 27.5. The Morgan fingerprint density at radius 1 is 0.851 bits per heavy atom. The van der Waals surface area contributed by atoms with Crippen molar-refractivity contribution in [3.63, 3.8) is 0 Å². The van der Waals surface area contributed by atoms with Gasteiger partial charge in [0, 0.05) is 21.0 Å². The van der Waals surface area contributed by atoms with Crippen molar-refractivity contribution in [3.8, 4) is 5.75 Å². The van der Waals surface area contributed by atoms with E-state index in [9.17, 15) is 14.4 Å². The molecule has 2 heterocycles. The monoisotopic (exact) mass is 676 g/mol. The molecule has 2 aromatic heterocycles. The number of thiazole rings is 1. The van der Waals surface area contributed by atoms with Gasteiger partial charge in [-0.15, -0.1) is 23.1 Å². The van der Waals surface area contributed by atoms with Gasteiger partial charge in [0.05, 0.1) is 17.3 Å². The number of hydrogen-bond donors (Lipinski definition) is 3. The molecule has 0 saturated carbocycles. The molecular formula is C36H28N4O4S3. The smallest absolute Gasteiger partial charge is 0.272 e. The lowest BCUT2D eigenvalue weighted by molar-refractivity contribution is -0.116. The Bertz CT molecular complexity index is 2030. The molecule has 0 aliphatic rings. The fourth-order valence-corrected chi connectivity index (χ4v) is 7.15. The van der Waals surface area contributed by atoms with Crippen LogP contribution in [0.4, 0.5) is 10.8 Å². The van der Waals surface area contributed by atoms with Crippen LogP contribution in [0.3, 0.4) is 0 Å². The zero-order valence-electron chi connectivity index (χ0n) is 25.0. The van der Waals surface area contributed by atoms with Crippen molar-refractivity contribution in [2.45, 2.75) is 10.1 Å². The number of benzene rings is 4. The molecular weight excluding hydrogens is 649 g/mol. The van der Waals surface area contributed by atoms with Crippen LogP contribution in [0.25, 0.3) is 16.3 Å². The molecule has 6 rings (SSSR count). The summed E-state index contributed by atoms with van der Waals surface area (Å²) in [7, 11) is 1.61. The number of thiophene rings is 1. The standard InChI is InChI=1S/C36H28N4O4S3/c1-44-26-16-19-29-31(21-26)47-36(39-29)40-35(43)32(23-9-4-2-5-10-23)46-27-17-14-25(15-18-27)37-34(42)30(22-28-13-8-20-45-28)38-33(41)24-11-6-3-7-12-24/h2-22,32H,1H3,(H,37,42)(H,38,41)(H,39,40,43)/b30-22-. The van der Waals surface area contributed by atoms with Crippen molar-refractivity contribution in [2.24, 2.45) is 0 Å². The number of carbonyl (C=O) groups is 3. The summed E-state index contributed by atoms with van der Waals surface area (Å²) in [5.41, 5.74) is 2.72. The van der Waals surface area contributed by atoms with E-state index in [-0.39, 0.29) is 17.5 Å². The van der Waals surface area contributed by atoms with Crippen LogP contribution in [0.2, 0.25) is 0 Å². The first-order chi connectivity index (χ1) is 22.9. The maximum Gasteiger partial charge on any atom is 0.272 e. The maximum absolute atomic E-state index is 13.6. The van der Waals surface area contributed by atoms with Gasteiger partial charge in [0.15, 0.2) is 5.13 Å². The van der Waals surface area contributed by atoms with Crippen molar-refractivity contribution in [1.82, 2.24) is 10.3 Å². The number of fused-ring (bicyclic) bond motifs is 1. The number of thioether (sulfide) groups is 1. The Balaban J connectivity index is 1.17. The molecule has 234 valence electrons. The zero-order chi connectivity index (χ0) is 32.6. The minimum atomic E-state index is -0.563. The number of carbonyl (C=O) groups excluding carboxylic acids is 3. The number of rotatable bonds is 11. The molecule has 4 aromatic carbocycles. The first-order valence-corrected chi connectivity index (χ1v) is 17.0. The predicted octanol–water partition coefficient (Wildman–Crippen LogP) is 8.25. The average Bonchev–Trinajstić information content (AvgIpc) is 3.77. The van der Waals surface area contributed by atoms with E-state index in [2.05, 4.69) is 20.9 Å². The second-order valence-corrected chi connectivity index (χ2v) is 13.3. The van der Waals surface area contributed by atoms with Gasteiger partial charge in [-0.3, -0.25) is 14.4 Å². The molecule has 6 aromatic rings. The molecule has 1 atom stereocenters. The molecule has 3 amide bonds. The highest BCUT2D eigenvalue weighted by Crippen LogP contribution is 2.38. The minimum Gasteiger partial charge on any atom is -0.497 e. The summed E-state index contributed by atoms with van der Waals surface area (Å²) >= 11 is 4.23. The molecule has 0 radical (unpaired) electrons. The summed E-state index contributed by atoms with van der Waals surface area (Å²) in [6, 6.07) is 34.8. The molecule has 0 spiro atoms. The van der Waals surface area contributed by atoms with Crippen LogP contribution in [-0.4, -0.2) is 29.8 Å². The number of nitrogens with one attached hydrogen (secondary N) is 3. The third-order valence-corrected chi connectivity index (χ3v) is 9.91. The van der Waals surface area contributed by atoms with Gasteiger partial charge < -0.3 is 20.7 Å². The second-order valence-electron chi connectivity index (χ2n) is 10.1. The number of ether oxygens (including phenoxy) is 1. The Labute approximate surface area is 283 Å².